The Morgan fingerprint density at radius 1 is 1.03 bits per heavy atom. The quantitative estimate of drug-likeness (QED) is 0.557. The summed E-state index contributed by atoms with van der Waals surface area (Å²) in [5.41, 5.74) is 0. The molecule has 2 saturated heterocycles. The van der Waals surface area contributed by atoms with E-state index in [2.05, 4.69) is 0 Å². The molecule has 2 aliphatic heterocycles. The Balaban J connectivity index is 1.16. The van der Waals surface area contributed by atoms with Crippen LogP contribution >= 0.6 is 0 Å². The molecule has 1 saturated carbocycles. The van der Waals surface area contributed by atoms with Crippen LogP contribution < -0.4 is 4.74 Å². The van der Waals surface area contributed by atoms with Gasteiger partial charge in [0.2, 0.25) is 17.7 Å². The molecule has 8 heteroatoms. The minimum absolute atomic E-state index is 0.00998. The van der Waals surface area contributed by atoms with Gasteiger partial charge in [-0.3, -0.25) is 19.3 Å². The molecule has 0 aromatic heterocycles. The van der Waals surface area contributed by atoms with Crippen LogP contribution in [0.1, 0.15) is 19.3 Å². The zero-order valence-electron chi connectivity index (χ0n) is 16.3. The number of benzene rings is 1. The fourth-order valence-corrected chi connectivity index (χ4v) is 5.33. The molecule has 30 heavy (non-hydrogen) atoms. The van der Waals surface area contributed by atoms with Gasteiger partial charge in [0.25, 0.3) is 0 Å². The van der Waals surface area contributed by atoms with Crippen molar-refractivity contribution in [3.8, 4) is 5.75 Å². The van der Waals surface area contributed by atoms with Crippen molar-refractivity contribution < 1.29 is 27.9 Å². The molecule has 4 aliphatic rings. The zero-order valence-corrected chi connectivity index (χ0v) is 16.3. The average molecular weight is 416 g/mol. The second kappa shape index (κ2) is 7.18. The number of carbonyl (C=O) groups is 3. The number of piperidine rings is 1. The first-order chi connectivity index (χ1) is 14.4. The molecule has 3 amide bonds. The summed E-state index contributed by atoms with van der Waals surface area (Å²) in [4.78, 5) is 40.9. The SMILES string of the molecule is O=C(CN1C(=O)C2C3C=CC(C3)C2C1=O)N1CCC(Oc2ccc(F)cc2F)CC1. The molecule has 0 radical (unpaired) electrons. The number of fused-ring (bicyclic) bond motifs is 5. The van der Waals surface area contributed by atoms with Gasteiger partial charge in [0.05, 0.1) is 11.8 Å². The van der Waals surface area contributed by atoms with Crippen LogP contribution in [-0.4, -0.2) is 53.3 Å². The van der Waals surface area contributed by atoms with Crippen molar-refractivity contribution >= 4 is 17.7 Å². The maximum Gasteiger partial charge on any atom is 0.242 e. The van der Waals surface area contributed by atoms with Crippen molar-refractivity contribution in [3.05, 3.63) is 42.0 Å². The highest BCUT2D eigenvalue weighted by Crippen LogP contribution is 2.52. The summed E-state index contributed by atoms with van der Waals surface area (Å²) in [5, 5.41) is 0. The summed E-state index contributed by atoms with van der Waals surface area (Å²) in [5.74, 6) is -2.50. The van der Waals surface area contributed by atoms with Gasteiger partial charge in [-0.05, 0) is 30.4 Å². The van der Waals surface area contributed by atoms with E-state index in [1.54, 1.807) is 4.90 Å². The van der Waals surface area contributed by atoms with Gasteiger partial charge >= 0.3 is 0 Å². The molecule has 1 aromatic rings. The largest absolute Gasteiger partial charge is 0.487 e. The smallest absolute Gasteiger partial charge is 0.242 e. The van der Waals surface area contributed by atoms with Crippen LogP contribution in [0.15, 0.2) is 30.4 Å². The minimum atomic E-state index is -0.756. The molecular weight excluding hydrogens is 394 g/mol. The third-order valence-corrected chi connectivity index (χ3v) is 6.84. The standard InChI is InChI=1S/C22H22F2N2O4/c23-14-3-4-17(16(24)10-14)30-15-5-7-25(8-6-15)18(27)11-26-21(28)19-12-1-2-13(9-12)20(19)22(26)29/h1-4,10,12-13,15,19-20H,5-9,11H2. The van der Waals surface area contributed by atoms with E-state index in [0.717, 1.165) is 23.5 Å². The number of carbonyl (C=O) groups excluding carboxylic acids is 3. The molecule has 3 fully saturated rings. The Labute approximate surface area is 172 Å². The first kappa shape index (κ1) is 19.2. The Kier molecular flexibility index (Phi) is 4.60. The van der Waals surface area contributed by atoms with Crippen molar-refractivity contribution in [3.63, 3.8) is 0 Å². The monoisotopic (exact) mass is 416 g/mol. The summed E-state index contributed by atoms with van der Waals surface area (Å²) < 4.78 is 32.4. The second-order valence-corrected chi connectivity index (χ2v) is 8.54. The van der Waals surface area contributed by atoms with Crippen LogP contribution in [0.2, 0.25) is 0 Å². The molecule has 0 spiro atoms. The number of imide groups is 1. The van der Waals surface area contributed by atoms with E-state index < -0.39 is 11.6 Å². The maximum absolute atomic E-state index is 13.8. The van der Waals surface area contributed by atoms with Gasteiger partial charge < -0.3 is 9.64 Å². The number of allylic oxidation sites excluding steroid dienone is 2. The van der Waals surface area contributed by atoms with Gasteiger partial charge in [-0.25, -0.2) is 8.78 Å². The van der Waals surface area contributed by atoms with Crippen LogP contribution in [0, 0.1) is 35.3 Å². The van der Waals surface area contributed by atoms with Gasteiger partial charge in [0.15, 0.2) is 11.6 Å². The van der Waals surface area contributed by atoms with Gasteiger partial charge in [-0.15, -0.1) is 0 Å². The average Bonchev–Trinajstić information content (AvgIpc) is 3.41. The van der Waals surface area contributed by atoms with Crippen LogP contribution in [-0.2, 0) is 14.4 Å². The van der Waals surface area contributed by atoms with Crippen molar-refractivity contribution in [1.29, 1.82) is 0 Å². The molecule has 4 atom stereocenters. The molecule has 1 aromatic carbocycles. The predicted octanol–water partition coefficient (Wildman–Crippen LogP) is 2.14. The van der Waals surface area contributed by atoms with Crippen LogP contribution in [0.5, 0.6) is 5.75 Å². The van der Waals surface area contributed by atoms with E-state index in [4.69, 9.17) is 4.74 Å². The first-order valence-corrected chi connectivity index (χ1v) is 10.4. The van der Waals surface area contributed by atoms with E-state index in [1.807, 2.05) is 12.2 Å². The lowest BCUT2D eigenvalue weighted by Crippen LogP contribution is -2.47. The molecule has 158 valence electrons. The Morgan fingerprint density at radius 2 is 1.67 bits per heavy atom. The third-order valence-electron chi connectivity index (χ3n) is 6.84. The van der Waals surface area contributed by atoms with E-state index in [-0.39, 0.29) is 59.8 Å². The van der Waals surface area contributed by atoms with E-state index in [9.17, 15) is 23.2 Å². The number of amides is 3. The number of rotatable bonds is 4. The molecule has 5 rings (SSSR count). The summed E-state index contributed by atoms with van der Waals surface area (Å²) in [6.07, 6.45) is 5.60. The van der Waals surface area contributed by atoms with Gasteiger partial charge in [-0.1, -0.05) is 12.2 Å². The minimum Gasteiger partial charge on any atom is -0.487 e. The summed E-state index contributed by atoms with van der Waals surface area (Å²) in [7, 11) is 0. The van der Waals surface area contributed by atoms with E-state index in [1.165, 1.54) is 6.07 Å². The molecule has 2 aliphatic carbocycles. The predicted molar refractivity (Wildman–Crippen MR) is 101 cm³/mol. The summed E-state index contributed by atoms with van der Waals surface area (Å²) in [6.45, 7) is 0.562. The highest BCUT2D eigenvalue weighted by molar-refractivity contribution is 6.08. The Bertz CT molecular complexity index is 911. The Morgan fingerprint density at radius 3 is 2.27 bits per heavy atom. The van der Waals surface area contributed by atoms with Gasteiger partial charge in [-0.2, -0.15) is 0 Å². The van der Waals surface area contributed by atoms with Crippen molar-refractivity contribution in [2.75, 3.05) is 19.6 Å². The molecule has 4 unspecified atom stereocenters. The number of hydrogen-bond donors (Lipinski definition) is 0. The number of likely N-dealkylation sites (tertiary alicyclic amines) is 2. The number of hydrogen-bond acceptors (Lipinski definition) is 4. The number of halogens is 2. The summed E-state index contributed by atoms with van der Waals surface area (Å²) in [6, 6.07) is 3.17. The molecular formula is C22H22F2N2O4. The highest BCUT2D eigenvalue weighted by atomic mass is 19.1. The number of nitrogens with zero attached hydrogens (tertiary/aromatic N) is 2. The van der Waals surface area contributed by atoms with Crippen molar-refractivity contribution in [2.45, 2.75) is 25.4 Å². The zero-order chi connectivity index (χ0) is 21.0. The lowest BCUT2D eigenvalue weighted by molar-refractivity contribution is -0.147. The van der Waals surface area contributed by atoms with Gasteiger partial charge in [0.1, 0.15) is 18.5 Å². The van der Waals surface area contributed by atoms with Crippen LogP contribution in [0.3, 0.4) is 0 Å². The summed E-state index contributed by atoms with van der Waals surface area (Å²) >= 11 is 0. The van der Waals surface area contributed by atoms with E-state index in [0.29, 0.717) is 25.9 Å². The third kappa shape index (κ3) is 3.09. The lowest BCUT2D eigenvalue weighted by Gasteiger charge is -2.33. The first-order valence-electron chi connectivity index (χ1n) is 10.4. The van der Waals surface area contributed by atoms with E-state index >= 15 is 0 Å². The molecule has 0 N–H and O–H groups in total. The normalized spacial score (nSPS) is 30.3. The topological polar surface area (TPSA) is 66.9 Å². The maximum atomic E-state index is 13.8. The van der Waals surface area contributed by atoms with Gasteiger partial charge in [0, 0.05) is 32.0 Å². The Hall–Kier alpha value is -2.77. The fourth-order valence-electron chi connectivity index (χ4n) is 5.33. The van der Waals surface area contributed by atoms with Crippen molar-refractivity contribution in [1.82, 2.24) is 9.80 Å². The van der Waals surface area contributed by atoms with Crippen molar-refractivity contribution in [2.24, 2.45) is 23.7 Å². The lowest BCUT2D eigenvalue weighted by atomic mass is 9.85. The van der Waals surface area contributed by atoms with Crippen LogP contribution in [0.4, 0.5) is 8.78 Å². The molecule has 6 nitrogen and oxygen atoms in total. The molecule has 2 bridgehead atoms. The molecule has 2 heterocycles. The van der Waals surface area contributed by atoms with Crippen LogP contribution in [0.25, 0.3) is 0 Å². The highest BCUT2D eigenvalue weighted by Gasteiger charge is 2.59. The fraction of sp³-hybridized carbons (Fsp3) is 0.500. The second-order valence-electron chi connectivity index (χ2n) is 8.54. The number of ether oxygens (including phenoxy) is 1.